The topological polar surface area (TPSA) is 50.3 Å². The van der Waals surface area contributed by atoms with Crippen LogP contribution in [0.3, 0.4) is 0 Å². The lowest BCUT2D eigenvalue weighted by molar-refractivity contribution is 0.263. The average Bonchev–Trinajstić information content (AvgIpc) is 2.70. The molecular formula is C25H34N4O. The fraction of sp³-hybridized carbons (Fsp3) is 0.440. The second-order valence-corrected chi connectivity index (χ2v) is 8.17. The van der Waals surface area contributed by atoms with Crippen LogP contribution in [0.1, 0.15) is 54.6 Å². The molecule has 0 amide bonds. The molecule has 0 spiro atoms. The molecule has 0 unspecified atom stereocenters. The van der Waals surface area contributed by atoms with Gasteiger partial charge in [-0.25, -0.2) is 4.98 Å². The lowest BCUT2D eigenvalue weighted by Gasteiger charge is -2.29. The Morgan fingerprint density at radius 3 is 2.23 bits per heavy atom. The normalized spacial score (nSPS) is 15.9. The van der Waals surface area contributed by atoms with Gasteiger partial charge in [-0.3, -0.25) is 0 Å². The highest BCUT2D eigenvalue weighted by Gasteiger charge is 2.19. The summed E-state index contributed by atoms with van der Waals surface area (Å²) < 4.78 is 6.38. The molecule has 5 heteroatoms. The van der Waals surface area contributed by atoms with Crippen LogP contribution in [0.15, 0.2) is 24.3 Å². The Morgan fingerprint density at radius 1 is 1.00 bits per heavy atom. The second-order valence-electron chi connectivity index (χ2n) is 8.17. The molecule has 2 aromatic rings. The Bertz CT molecular complexity index is 917. The van der Waals surface area contributed by atoms with Crippen LogP contribution in [-0.2, 0) is 0 Å². The Hall–Kier alpha value is -2.66. The van der Waals surface area contributed by atoms with Gasteiger partial charge >= 0.3 is 0 Å². The molecule has 160 valence electrons. The Morgan fingerprint density at radius 2 is 1.63 bits per heavy atom. The summed E-state index contributed by atoms with van der Waals surface area (Å²) in [6.45, 7) is 12.4. The highest BCUT2D eigenvalue weighted by atomic mass is 16.5. The van der Waals surface area contributed by atoms with Gasteiger partial charge in [0.2, 0.25) is 11.8 Å². The zero-order valence-electron chi connectivity index (χ0n) is 19.1. The quantitative estimate of drug-likeness (QED) is 0.660. The van der Waals surface area contributed by atoms with Crippen LogP contribution in [0.25, 0.3) is 12.2 Å². The predicted octanol–water partition coefficient (Wildman–Crippen LogP) is 5.77. The maximum absolute atomic E-state index is 6.38. The molecular weight excluding hydrogens is 372 g/mol. The summed E-state index contributed by atoms with van der Waals surface area (Å²) in [6.07, 6.45) is 10.3. The van der Waals surface area contributed by atoms with Crippen LogP contribution in [-0.4, -0.2) is 41.0 Å². The number of nitrogens with zero attached hydrogens (tertiary/aromatic N) is 3. The van der Waals surface area contributed by atoms with Gasteiger partial charge in [0.15, 0.2) is 0 Å². The fourth-order valence-corrected chi connectivity index (χ4v) is 3.86. The molecule has 3 rings (SSSR count). The van der Waals surface area contributed by atoms with E-state index in [1.54, 1.807) is 0 Å². The predicted molar refractivity (Wildman–Crippen MR) is 126 cm³/mol. The third-order valence-corrected chi connectivity index (χ3v) is 5.56. The summed E-state index contributed by atoms with van der Waals surface area (Å²) in [6, 6.07) is 4.67. The fourth-order valence-electron chi connectivity index (χ4n) is 3.86. The van der Waals surface area contributed by atoms with Crippen molar-refractivity contribution in [2.24, 2.45) is 0 Å². The molecule has 0 atom stereocenters. The van der Waals surface area contributed by atoms with Gasteiger partial charge in [0.25, 0.3) is 0 Å². The number of aryl methyl sites for hydroxylation is 2. The van der Waals surface area contributed by atoms with Crippen LogP contribution in [0.5, 0.6) is 11.6 Å². The van der Waals surface area contributed by atoms with E-state index in [0.29, 0.717) is 17.9 Å². The van der Waals surface area contributed by atoms with Crippen molar-refractivity contribution in [1.29, 1.82) is 0 Å². The lowest BCUT2D eigenvalue weighted by Crippen LogP contribution is -2.37. The molecule has 0 bridgehead atoms. The third-order valence-electron chi connectivity index (χ3n) is 5.56. The van der Waals surface area contributed by atoms with Crippen molar-refractivity contribution in [2.45, 2.75) is 53.5 Å². The molecule has 1 aromatic carbocycles. The molecule has 2 heterocycles. The van der Waals surface area contributed by atoms with Gasteiger partial charge < -0.3 is 15.0 Å². The average molecular weight is 407 g/mol. The van der Waals surface area contributed by atoms with E-state index in [0.717, 1.165) is 54.1 Å². The largest absolute Gasteiger partial charge is 0.438 e. The number of hydrogen-bond acceptors (Lipinski definition) is 5. The SMILES string of the molecule is C/C=C\c1nc(NC2CCN(C)CC2)nc(Oc2c(C)cc(/C=C/C)cc2C)c1C. The first-order chi connectivity index (χ1) is 14.4. The molecule has 0 saturated carbocycles. The van der Waals surface area contributed by atoms with E-state index in [-0.39, 0.29) is 0 Å². The molecule has 0 aliphatic carbocycles. The first kappa shape index (κ1) is 22.0. The Balaban J connectivity index is 1.93. The van der Waals surface area contributed by atoms with Crippen LogP contribution >= 0.6 is 0 Å². The maximum Gasteiger partial charge on any atom is 0.227 e. The smallest absolute Gasteiger partial charge is 0.227 e. The van der Waals surface area contributed by atoms with Crippen molar-refractivity contribution in [3.63, 3.8) is 0 Å². The van der Waals surface area contributed by atoms with E-state index in [1.807, 2.05) is 39.0 Å². The standard InChI is InChI=1S/C25H34N4O/c1-7-9-20-15-17(3)23(18(4)16-20)30-24-19(5)22(10-8-2)27-25(28-24)26-21-11-13-29(6)14-12-21/h7-10,15-16,21H,11-14H2,1-6H3,(H,26,27,28)/b9-7+,10-8-. The lowest BCUT2D eigenvalue weighted by atomic mass is 10.1. The Kier molecular flexibility index (Phi) is 7.27. The van der Waals surface area contributed by atoms with Crippen LogP contribution < -0.4 is 10.1 Å². The molecule has 5 nitrogen and oxygen atoms in total. The molecule has 1 aliphatic heterocycles. The van der Waals surface area contributed by atoms with E-state index in [2.05, 4.69) is 49.3 Å². The number of benzene rings is 1. The third kappa shape index (κ3) is 5.28. The zero-order chi connectivity index (χ0) is 21.7. The molecule has 1 N–H and O–H groups in total. The Labute approximate surface area is 180 Å². The van der Waals surface area contributed by atoms with E-state index in [9.17, 15) is 0 Å². The summed E-state index contributed by atoms with van der Waals surface area (Å²) >= 11 is 0. The van der Waals surface area contributed by atoms with Gasteiger partial charge in [0, 0.05) is 11.6 Å². The molecule has 1 fully saturated rings. The van der Waals surface area contributed by atoms with Gasteiger partial charge in [0.05, 0.1) is 5.69 Å². The van der Waals surface area contributed by atoms with E-state index in [1.165, 1.54) is 5.56 Å². The minimum atomic E-state index is 0.388. The molecule has 0 radical (unpaired) electrons. The van der Waals surface area contributed by atoms with Crippen LogP contribution in [0.2, 0.25) is 0 Å². The van der Waals surface area contributed by atoms with Crippen molar-refractivity contribution < 1.29 is 4.74 Å². The van der Waals surface area contributed by atoms with Crippen molar-refractivity contribution >= 4 is 18.1 Å². The monoisotopic (exact) mass is 406 g/mol. The second kappa shape index (κ2) is 9.90. The molecule has 1 saturated heterocycles. The van der Waals surface area contributed by atoms with Gasteiger partial charge in [-0.2, -0.15) is 4.98 Å². The van der Waals surface area contributed by atoms with Gasteiger partial charge in [-0.05, 0) is 102 Å². The number of nitrogens with one attached hydrogen (secondary N) is 1. The minimum absolute atomic E-state index is 0.388. The summed E-state index contributed by atoms with van der Waals surface area (Å²) in [4.78, 5) is 11.9. The maximum atomic E-state index is 6.38. The number of likely N-dealkylation sites (tertiary alicyclic amines) is 1. The van der Waals surface area contributed by atoms with Gasteiger partial charge in [-0.15, -0.1) is 0 Å². The van der Waals surface area contributed by atoms with Gasteiger partial charge in [-0.1, -0.05) is 18.2 Å². The number of aromatic nitrogens is 2. The van der Waals surface area contributed by atoms with Crippen molar-refractivity contribution in [2.75, 3.05) is 25.5 Å². The first-order valence-corrected chi connectivity index (χ1v) is 10.8. The van der Waals surface area contributed by atoms with Crippen molar-refractivity contribution in [3.05, 3.63) is 52.2 Å². The first-order valence-electron chi connectivity index (χ1n) is 10.8. The van der Waals surface area contributed by atoms with Crippen LogP contribution in [0.4, 0.5) is 5.95 Å². The molecule has 1 aromatic heterocycles. The number of rotatable bonds is 6. The number of ether oxygens (including phenoxy) is 1. The van der Waals surface area contributed by atoms with Crippen LogP contribution in [0, 0.1) is 20.8 Å². The zero-order valence-corrected chi connectivity index (χ0v) is 19.1. The van der Waals surface area contributed by atoms with Gasteiger partial charge in [0.1, 0.15) is 5.75 Å². The number of anilines is 1. The van der Waals surface area contributed by atoms with E-state index < -0.39 is 0 Å². The highest BCUT2D eigenvalue weighted by molar-refractivity contribution is 5.58. The summed E-state index contributed by atoms with van der Waals surface area (Å²) in [5, 5.41) is 3.54. The van der Waals surface area contributed by atoms with E-state index >= 15 is 0 Å². The highest BCUT2D eigenvalue weighted by Crippen LogP contribution is 2.32. The van der Waals surface area contributed by atoms with E-state index in [4.69, 9.17) is 14.7 Å². The number of piperidine rings is 1. The minimum Gasteiger partial charge on any atom is -0.438 e. The summed E-state index contributed by atoms with van der Waals surface area (Å²) in [7, 11) is 2.17. The number of hydrogen-bond donors (Lipinski definition) is 1. The summed E-state index contributed by atoms with van der Waals surface area (Å²) in [5.41, 5.74) is 5.20. The van der Waals surface area contributed by atoms with Crippen molar-refractivity contribution in [3.8, 4) is 11.6 Å². The molecule has 1 aliphatic rings. The number of allylic oxidation sites excluding steroid dienone is 2. The van der Waals surface area contributed by atoms with Crippen molar-refractivity contribution in [1.82, 2.24) is 14.9 Å². The summed E-state index contributed by atoms with van der Waals surface area (Å²) in [5.74, 6) is 2.11. The molecule has 30 heavy (non-hydrogen) atoms.